The largest absolute Gasteiger partial charge is 0.313 e. The van der Waals surface area contributed by atoms with Crippen LogP contribution in [-0.2, 0) is 6.54 Å². The number of aryl methyl sites for hydroxylation is 2. The number of rotatable bonds is 4. The summed E-state index contributed by atoms with van der Waals surface area (Å²) < 4.78 is 0. The van der Waals surface area contributed by atoms with Crippen LogP contribution in [0.25, 0.3) is 10.9 Å². The fourth-order valence-corrected chi connectivity index (χ4v) is 3.89. The molecule has 0 amide bonds. The van der Waals surface area contributed by atoms with Crippen molar-refractivity contribution in [2.45, 2.75) is 20.4 Å². The number of fused-ring (bicyclic) bond motifs is 1. The summed E-state index contributed by atoms with van der Waals surface area (Å²) in [5.74, 6) is 0. The molecule has 0 bridgehead atoms. The van der Waals surface area contributed by atoms with Gasteiger partial charge in [0.05, 0.1) is 29.4 Å². The van der Waals surface area contributed by atoms with Gasteiger partial charge in [-0.1, -0.05) is 12.1 Å². The third kappa shape index (κ3) is 3.53. The Hall–Kier alpha value is -3.23. The van der Waals surface area contributed by atoms with Gasteiger partial charge in [0.15, 0.2) is 5.13 Å². The molecular formula is C22H18N4S. The molecule has 5 heteroatoms. The predicted molar refractivity (Wildman–Crippen MR) is 110 cm³/mol. The SMILES string of the molecule is Cc1nc(N(Cc2ccc3ncccc3c2)c2ccc(C#N)cc2)sc1C. The molecule has 2 aromatic carbocycles. The summed E-state index contributed by atoms with van der Waals surface area (Å²) in [4.78, 5) is 12.6. The van der Waals surface area contributed by atoms with E-state index in [0.717, 1.165) is 27.4 Å². The highest BCUT2D eigenvalue weighted by Crippen LogP contribution is 2.33. The van der Waals surface area contributed by atoms with E-state index >= 15 is 0 Å². The van der Waals surface area contributed by atoms with Crippen molar-refractivity contribution in [2.75, 3.05) is 4.90 Å². The average molecular weight is 370 g/mol. The number of aromatic nitrogens is 2. The minimum atomic E-state index is 0.655. The van der Waals surface area contributed by atoms with Gasteiger partial charge in [0.25, 0.3) is 0 Å². The molecule has 0 unspecified atom stereocenters. The highest BCUT2D eigenvalue weighted by molar-refractivity contribution is 7.15. The van der Waals surface area contributed by atoms with Gasteiger partial charge in [-0.25, -0.2) is 4.98 Å². The fraction of sp³-hybridized carbons (Fsp3) is 0.136. The van der Waals surface area contributed by atoms with Gasteiger partial charge in [0, 0.05) is 22.1 Å². The first kappa shape index (κ1) is 17.2. The van der Waals surface area contributed by atoms with E-state index in [4.69, 9.17) is 10.2 Å². The topological polar surface area (TPSA) is 52.8 Å². The molecule has 0 saturated carbocycles. The van der Waals surface area contributed by atoms with Crippen LogP contribution in [-0.4, -0.2) is 9.97 Å². The average Bonchev–Trinajstić information content (AvgIpc) is 3.04. The number of hydrogen-bond donors (Lipinski definition) is 0. The van der Waals surface area contributed by atoms with Gasteiger partial charge in [-0.3, -0.25) is 4.98 Å². The lowest BCUT2D eigenvalue weighted by Crippen LogP contribution is -2.16. The second-order valence-corrected chi connectivity index (χ2v) is 7.59. The molecule has 0 aliphatic heterocycles. The Bertz CT molecular complexity index is 1120. The second-order valence-electron chi connectivity index (χ2n) is 6.41. The van der Waals surface area contributed by atoms with Crippen molar-refractivity contribution in [3.63, 3.8) is 0 Å². The number of benzene rings is 2. The van der Waals surface area contributed by atoms with Gasteiger partial charge >= 0.3 is 0 Å². The molecule has 0 aliphatic rings. The first-order valence-electron chi connectivity index (χ1n) is 8.69. The van der Waals surface area contributed by atoms with E-state index in [1.54, 1.807) is 11.3 Å². The normalized spacial score (nSPS) is 10.7. The number of nitrogens with zero attached hydrogens (tertiary/aromatic N) is 4. The summed E-state index contributed by atoms with van der Waals surface area (Å²) in [7, 11) is 0. The van der Waals surface area contributed by atoms with Crippen LogP contribution in [0.4, 0.5) is 10.8 Å². The number of hydrogen-bond acceptors (Lipinski definition) is 5. The Balaban J connectivity index is 1.75. The van der Waals surface area contributed by atoms with Gasteiger partial charge in [-0.15, -0.1) is 11.3 Å². The predicted octanol–water partition coefficient (Wildman–Crippen LogP) is 5.52. The smallest absolute Gasteiger partial charge is 0.190 e. The van der Waals surface area contributed by atoms with E-state index in [0.29, 0.717) is 12.1 Å². The Morgan fingerprint density at radius 3 is 2.59 bits per heavy atom. The summed E-state index contributed by atoms with van der Waals surface area (Å²) in [6.45, 7) is 4.83. The lowest BCUT2D eigenvalue weighted by atomic mass is 10.1. The van der Waals surface area contributed by atoms with Crippen LogP contribution in [0.3, 0.4) is 0 Å². The Morgan fingerprint density at radius 1 is 1.07 bits per heavy atom. The van der Waals surface area contributed by atoms with Crippen molar-refractivity contribution in [3.05, 3.63) is 82.5 Å². The van der Waals surface area contributed by atoms with Crippen LogP contribution in [0.5, 0.6) is 0 Å². The minimum Gasteiger partial charge on any atom is -0.313 e. The van der Waals surface area contributed by atoms with E-state index < -0.39 is 0 Å². The van der Waals surface area contributed by atoms with Crippen LogP contribution in [0.15, 0.2) is 60.8 Å². The first-order valence-corrected chi connectivity index (χ1v) is 9.51. The van der Waals surface area contributed by atoms with Crippen molar-refractivity contribution < 1.29 is 0 Å². The zero-order valence-electron chi connectivity index (χ0n) is 15.2. The summed E-state index contributed by atoms with van der Waals surface area (Å²) >= 11 is 1.69. The molecule has 0 radical (unpaired) electrons. The van der Waals surface area contributed by atoms with Gasteiger partial charge in [-0.05, 0) is 61.9 Å². The molecule has 0 fully saturated rings. The van der Waals surface area contributed by atoms with Gasteiger partial charge in [0.1, 0.15) is 0 Å². The molecule has 0 aliphatic carbocycles. The molecule has 132 valence electrons. The van der Waals surface area contributed by atoms with Gasteiger partial charge in [-0.2, -0.15) is 5.26 Å². The van der Waals surface area contributed by atoms with E-state index in [9.17, 15) is 0 Å². The highest BCUT2D eigenvalue weighted by Gasteiger charge is 2.16. The zero-order valence-corrected chi connectivity index (χ0v) is 16.0. The zero-order chi connectivity index (χ0) is 18.8. The van der Waals surface area contributed by atoms with Crippen LogP contribution >= 0.6 is 11.3 Å². The van der Waals surface area contributed by atoms with Crippen molar-refractivity contribution in [3.8, 4) is 6.07 Å². The van der Waals surface area contributed by atoms with Gasteiger partial charge < -0.3 is 4.90 Å². The van der Waals surface area contributed by atoms with Crippen LogP contribution in [0.1, 0.15) is 21.7 Å². The van der Waals surface area contributed by atoms with E-state index in [1.165, 1.54) is 10.4 Å². The van der Waals surface area contributed by atoms with E-state index in [-0.39, 0.29) is 0 Å². The molecule has 0 spiro atoms. The number of pyridine rings is 1. The van der Waals surface area contributed by atoms with Crippen molar-refractivity contribution in [2.24, 2.45) is 0 Å². The maximum atomic E-state index is 9.08. The standard InChI is InChI=1S/C22H18N4S/c1-15-16(2)27-22(25-15)26(20-8-5-17(13-23)6-9-20)14-18-7-10-21-19(12-18)4-3-11-24-21/h3-12H,14H2,1-2H3. The molecular weight excluding hydrogens is 352 g/mol. The van der Waals surface area contributed by atoms with Crippen LogP contribution in [0, 0.1) is 25.2 Å². The Kier molecular flexibility index (Phi) is 4.57. The summed E-state index contributed by atoms with van der Waals surface area (Å²) in [5, 5.41) is 11.2. The van der Waals surface area contributed by atoms with E-state index in [1.807, 2.05) is 43.5 Å². The molecule has 2 heterocycles. The highest BCUT2D eigenvalue weighted by atomic mass is 32.1. The Labute approximate surface area is 162 Å². The molecule has 4 aromatic rings. The first-order chi connectivity index (χ1) is 13.1. The van der Waals surface area contributed by atoms with Gasteiger partial charge in [0.2, 0.25) is 0 Å². The number of anilines is 2. The van der Waals surface area contributed by atoms with Crippen molar-refractivity contribution in [1.82, 2.24) is 9.97 Å². The molecule has 4 rings (SSSR count). The lowest BCUT2D eigenvalue weighted by Gasteiger charge is -2.22. The third-order valence-electron chi connectivity index (χ3n) is 4.56. The molecule has 0 N–H and O–H groups in total. The molecule has 2 aromatic heterocycles. The molecule has 0 atom stereocenters. The van der Waals surface area contributed by atoms with Crippen molar-refractivity contribution >= 4 is 33.1 Å². The number of nitriles is 1. The number of thiazole rings is 1. The van der Waals surface area contributed by atoms with Crippen LogP contribution < -0.4 is 4.90 Å². The fourth-order valence-electron chi connectivity index (χ4n) is 2.96. The summed E-state index contributed by atoms with van der Waals surface area (Å²) in [6, 6.07) is 20.2. The summed E-state index contributed by atoms with van der Waals surface area (Å²) in [5.41, 5.74) is 4.91. The monoisotopic (exact) mass is 370 g/mol. The molecule has 27 heavy (non-hydrogen) atoms. The molecule has 0 saturated heterocycles. The maximum Gasteiger partial charge on any atom is 0.190 e. The Morgan fingerprint density at radius 2 is 1.89 bits per heavy atom. The quantitative estimate of drug-likeness (QED) is 0.475. The van der Waals surface area contributed by atoms with Crippen molar-refractivity contribution in [1.29, 1.82) is 5.26 Å². The lowest BCUT2D eigenvalue weighted by molar-refractivity contribution is 0.961. The second kappa shape index (κ2) is 7.18. The van der Waals surface area contributed by atoms with Crippen LogP contribution in [0.2, 0.25) is 0 Å². The third-order valence-corrected chi connectivity index (χ3v) is 5.66. The summed E-state index contributed by atoms with van der Waals surface area (Å²) in [6.07, 6.45) is 1.81. The van der Waals surface area contributed by atoms with E-state index in [2.05, 4.69) is 47.1 Å². The molecule has 4 nitrogen and oxygen atoms in total. The minimum absolute atomic E-state index is 0.655. The maximum absolute atomic E-state index is 9.08.